The molecule has 3 nitrogen and oxygen atoms in total. The molecule has 0 bridgehead atoms. The van der Waals surface area contributed by atoms with E-state index in [0.717, 1.165) is 29.5 Å². The monoisotopic (exact) mass is 421 g/mol. The van der Waals surface area contributed by atoms with Crippen LogP contribution in [0.4, 0.5) is 0 Å². The first kappa shape index (κ1) is 14.3. The summed E-state index contributed by atoms with van der Waals surface area (Å²) in [4.78, 5) is 0. The van der Waals surface area contributed by atoms with Gasteiger partial charge in [-0.1, -0.05) is 27.5 Å². The second kappa shape index (κ2) is 5.09. The molecule has 1 saturated carbocycles. The van der Waals surface area contributed by atoms with E-state index in [-0.39, 0.29) is 9.62 Å². The van der Waals surface area contributed by atoms with E-state index in [2.05, 4.69) is 36.6 Å². The van der Waals surface area contributed by atoms with E-state index in [0.29, 0.717) is 15.4 Å². The number of rotatable bonds is 5. The number of nitrogens with one attached hydrogen (secondary N) is 1. The summed E-state index contributed by atoms with van der Waals surface area (Å²) in [5, 5.41) is 1.26. The zero-order valence-corrected chi connectivity index (χ0v) is 14.2. The summed E-state index contributed by atoms with van der Waals surface area (Å²) < 4.78 is 27.5. The summed E-state index contributed by atoms with van der Waals surface area (Å²) in [7, 11) is -3.43. The first-order valence-corrected chi connectivity index (χ1v) is 9.48. The van der Waals surface area contributed by atoms with Crippen LogP contribution in [0, 0.1) is 5.41 Å². The lowest BCUT2D eigenvalue weighted by Gasteiger charge is -2.11. The zero-order chi connectivity index (χ0) is 12.7. The van der Waals surface area contributed by atoms with Crippen molar-refractivity contribution in [1.82, 2.24) is 4.72 Å². The third-order valence-electron chi connectivity index (χ3n) is 2.77. The fraction of sp³-hybridized carbons (Fsp3) is 0.556. The topological polar surface area (TPSA) is 46.2 Å². The van der Waals surface area contributed by atoms with Crippen molar-refractivity contribution in [2.24, 2.45) is 5.41 Å². The lowest BCUT2D eigenvalue weighted by Crippen LogP contribution is -2.30. The third-order valence-corrected chi connectivity index (χ3v) is 8.30. The van der Waals surface area contributed by atoms with Crippen LogP contribution in [0.15, 0.2) is 14.1 Å². The molecule has 1 heterocycles. The molecular weight excluding hydrogens is 413 g/mol. The second-order valence-electron chi connectivity index (χ2n) is 4.15. The molecule has 96 valence electrons. The van der Waals surface area contributed by atoms with Gasteiger partial charge in [-0.3, -0.25) is 0 Å². The number of halogens is 3. The van der Waals surface area contributed by atoms with Crippen molar-refractivity contribution in [3.05, 3.63) is 14.9 Å². The van der Waals surface area contributed by atoms with Gasteiger partial charge < -0.3 is 0 Å². The van der Waals surface area contributed by atoms with Gasteiger partial charge in [-0.05, 0) is 40.3 Å². The average Bonchev–Trinajstić information content (AvgIpc) is 2.99. The maximum atomic E-state index is 12.0. The van der Waals surface area contributed by atoms with Crippen LogP contribution in [0.3, 0.4) is 0 Å². The van der Waals surface area contributed by atoms with E-state index < -0.39 is 10.0 Å². The standard InChI is InChI=1S/C9H10Br2ClNO2S2/c10-4-9(1-2-9)5-13-17(14,15)7-3-6(12)8(11)16-7/h3,13H,1-2,4-5H2. The van der Waals surface area contributed by atoms with Gasteiger partial charge in [0.25, 0.3) is 0 Å². The maximum absolute atomic E-state index is 12.0. The molecule has 1 aromatic rings. The molecule has 0 aliphatic heterocycles. The van der Waals surface area contributed by atoms with Gasteiger partial charge >= 0.3 is 0 Å². The number of hydrogen-bond acceptors (Lipinski definition) is 3. The van der Waals surface area contributed by atoms with E-state index in [1.165, 1.54) is 6.07 Å². The van der Waals surface area contributed by atoms with Gasteiger partial charge in [0.1, 0.15) is 4.21 Å². The van der Waals surface area contributed by atoms with Crippen molar-refractivity contribution in [3.63, 3.8) is 0 Å². The highest BCUT2D eigenvalue weighted by molar-refractivity contribution is 9.11. The van der Waals surface area contributed by atoms with Crippen LogP contribution in [-0.2, 0) is 10.0 Å². The molecule has 0 amide bonds. The highest BCUT2D eigenvalue weighted by Gasteiger charge is 2.42. The normalized spacial score (nSPS) is 18.3. The molecule has 2 rings (SSSR count). The molecule has 0 unspecified atom stereocenters. The predicted octanol–water partition coefficient (Wildman–Crippen LogP) is 3.62. The number of alkyl halides is 1. The largest absolute Gasteiger partial charge is 0.250 e. The van der Waals surface area contributed by atoms with Crippen LogP contribution in [0.1, 0.15) is 12.8 Å². The minimum Gasteiger partial charge on any atom is -0.210 e. The molecular formula is C9H10Br2ClNO2S2. The highest BCUT2D eigenvalue weighted by atomic mass is 79.9. The van der Waals surface area contributed by atoms with E-state index in [1.54, 1.807) is 0 Å². The average molecular weight is 424 g/mol. The Hall–Kier alpha value is 0.860. The summed E-state index contributed by atoms with van der Waals surface area (Å²) in [6.45, 7) is 0.480. The number of sulfonamides is 1. The van der Waals surface area contributed by atoms with Gasteiger partial charge in [-0.2, -0.15) is 0 Å². The predicted molar refractivity (Wildman–Crippen MR) is 77.7 cm³/mol. The minimum atomic E-state index is -3.43. The Balaban J connectivity index is 2.09. The second-order valence-corrected chi connectivity index (χ2v) is 9.48. The summed E-state index contributed by atoms with van der Waals surface area (Å²) in [5.74, 6) is 0. The molecule has 0 atom stereocenters. The van der Waals surface area contributed by atoms with Gasteiger partial charge in [0.15, 0.2) is 0 Å². The fourth-order valence-corrected chi connectivity index (χ4v) is 5.67. The van der Waals surface area contributed by atoms with E-state index >= 15 is 0 Å². The molecule has 0 spiro atoms. The smallest absolute Gasteiger partial charge is 0.210 e. The summed E-state index contributed by atoms with van der Waals surface area (Å²) in [6, 6.07) is 1.46. The van der Waals surface area contributed by atoms with Crippen molar-refractivity contribution < 1.29 is 8.42 Å². The third kappa shape index (κ3) is 3.25. The molecule has 17 heavy (non-hydrogen) atoms. The molecule has 1 fully saturated rings. The Morgan fingerprint density at radius 1 is 1.53 bits per heavy atom. The van der Waals surface area contributed by atoms with Crippen LogP contribution >= 0.6 is 54.8 Å². The van der Waals surface area contributed by atoms with Gasteiger partial charge in [0.05, 0.1) is 8.81 Å². The lowest BCUT2D eigenvalue weighted by molar-refractivity contribution is 0.539. The van der Waals surface area contributed by atoms with Gasteiger partial charge in [-0.15, -0.1) is 11.3 Å². The molecule has 1 aromatic heterocycles. The quantitative estimate of drug-likeness (QED) is 0.736. The zero-order valence-electron chi connectivity index (χ0n) is 8.67. The van der Waals surface area contributed by atoms with Gasteiger partial charge in [0.2, 0.25) is 10.0 Å². The summed E-state index contributed by atoms with van der Waals surface area (Å²) in [5.41, 5.74) is 0.116. The van der Waals surface area contributed by atoms with E-state index in [1.807, 2.05) is 0 Å². The molecule has 1 aliphatic carbocycles. The summed E-state index contributed by atoms with van der Waals surface area (Å²) >= 11 is 13.6. The van der Waals surface area contributed by atoms with Gasteiger partial charge in [0, 0.05) is 11.9 Å². The molecule has 0 saturated heterocycles. The Kier molecular flexibility index (Phi) is 4.27. The van der Waals surface area contributed by atoms with E-state index in [4.69, 9.17) is 11.6 Å². The van der Waals surface area contributed by atoms with Crippen molar-refractivity contribution in [1.29, 1.82) is 0 Å². The Bertz CT molecular complexity index is 506. The Morgan fingerprint density at radius 2 is 2.18 bits per heavy atom. The molecule has 1 aliphatic rings. The van der Waals surface area contributed by atoms with Crippen molar-refractivity contribution in [3.8, 4) is 0 Å². The van der Waals surface area contributed by atoms with Crippen molar-refractivity contribution in [2.45, 2.75) is 17.1 Å². The fourth-order valence-electron chi connectivity index (χ4n) is 1.31. The Morgan fingerprint density at radius 3 is 2.59 bits per heavy atom. The van der Waals surface area contributed by atoms with Gasteiger partial charge in [-0.25, -0.2) is 13.1 Å². The summed E-state index contributed by atoms with van der Waals surface area (Å²) in [6.07, 6.45) is 2.13. The van der Waals surface area contributed by atoms with Crippen LogP contribution < -0.4 is 4.72 Å². The van der Waals surface area contributed by atoms with Crippen LogP contribution in [0.2, 0.25) is 5.02 Å². The first-order chi connectivity index (χ1) is 7.88. The number of thiophene rings is 1. The van der Waals surface area contributed by atoms with Crippen molar-refractivity contribution in [2.75, 3.05) is 11.9 Å². The maximum Gasteiger partial charge on any atom is 0.250 e. The van der Waals surface area contributed by atoms with Crippen LogP contribution in [-0.4, -0.2) is 20.3 Å². The minimum absolute atomic E-state index is 0.116. The van der Waals surface area contributed by atoms with Crippen LogP contribution in [0.25, 0.3) is 0 Å². The first-order valence-electron chi connectivity index (χ1n) is 4.89. The number of hydrogen-bond donors (Lipinski definition) is 1. The molecule has 8 heteroatoms. The molecule has 1 N–H and O–H groups in total. The molecule has 0 aromatic carbocycles. The lowest BCUT2D eigenvalue weighted by atomic mass is 10.1. The molecule has 0 radical (unpaired) electrons. The highest BCUT2D eigenvalue weighted by Crippen LogP contribution is 2.46. The van der Waals surface area contributed by atoms with Crippen LogP contribution in [0.5, 0.6) is 0 Å². The Labute approximate surface area is 126 Å². The van der Waals surface area contributed by atoms with E-state index in [9.17, 15) is 8.42 Å². The SMILES string of the molecule is O=S(=O)(NCC1(CBr)CC1)c1cc(Cl)c(Br)s1. The van der Waals surface area contributed by atoms with Crippen molar-refractivity contribution >= 4 is 64.8 Å².